The lowest BCUT2D eigenvalue weighted by molar-refractivity contribution is -0.119. The second-order valence-electron chi connectivity index (χ2n) is 9.06. The lowest BCUT2D eigenvalue weighted by Gasteiger charge is -2.37. The van der Waals surface area contributed by atoms with Gasteiger partial charge in [0.05, 0.1) is 11.7 Å². The van der Waals surface area contributed by atoms with Crippen LogP contribution in [0.15, 0.2) is 42.5 Å². The summed E-state index contributed by atoms with van der Waals surface area (Å²) in [5.74, 6) is 0.933. The van der Waals surface area contributed by atoms with Gasteiger partial charge in [-0.15, -0.1) is 0 Å². The number of carbonyl (C=O) groups excluding carboxylic acids is 1. The van der Waals surface area contributed by atoms with Gasteiger partial charge in [0.1, 0.15) is 0 Å². The van der Waals surface area contributed by atoms with E-state index in [1.165, 1.54) is 25.5 Å². The van der Waals surface area contributed by atoms with Crippen LogP contribution in [0.5, 0.6) is 0 Å². The Balaban J connectivity index is 1.39. The van der Waals surface area contributed by atoms with Crippen LogP contribution in [0.3, 0.4) is 0 Å². The number of amides is 1. The van der Waals surface area contributed by atoms with Crippen LogP contribution in [-0.4, -0.2) is 18.6 Å². The Labute approximate surface area is 178 Å². The van der Waals surface area contributed by atoms with Gasteiger partial charge < -0.3 is 14.5 Å². The highest BCUT2D eigenvalue weighted by molar-refractivity contribution is 7.59. The number of aryl methyl sites for hydroxylation is 2. The maximum atomic E-state index is 13.4. The molecule has 1 unspecified atom stereocenters. The number of nitrogens with one attached hydrogen (secondary N) is 1. The van der Waals surface area contributed by atoms with E-state index in [4.69, 9.17) is 4.52 Å². The van der Waals surface area contributed by atoms with Gasteiger partial charge in [-0.05, 0) is 74.3 Å². The van der Waals surface area contributed by atoms with Gasteiger partial charge in [-0.3, -0.25) is 9.36 Å². The van der Waals surface area contributed by atoms with Gasteiger partial charge in [-0.2, -0.15) is 0 Å². The summed E-state index contributed by atoms with van der Waals surface area (Å²) in [6, 6.07) is 14.1. The Morgan fingerprint density at radius 2 is 1.87 bits per heavy atom. The van der Waals surface area contributed by atoms with Crippen molar-refractivity contribution in [2.75, 3.05) is 17.1 Å². The minimum atomic E-state index is -3.08. The van der Waals surface area contributed by atoms with Crippen molar-refractivity contribution in [3.05, 3.63) is 59.2 Å². The third kappa shape index (κ3) is 3.59. The summed E-state index contributed by atoms with van der Waals surface area (Å²) < 4.78 is 18.8. The van der Waals surface area contributed by atoms with Gasteiger partial charge in [0.25, 0.3) is 7.52 Å². The molecule has 2 saturated carbocycles. The standard InChI is InChI=1S/C24H29N2O3P/c1-17-3-5-18(6-4-17)16-30(28,29-2)25-21-10-11-22-19(15-21)7-12-23(27)26(22)24(13-14-24)20-8-9-20/h3-6,10-11,15,20H,7-9,12-14,16H2,1-2H3,(H,25,28). The topological polar surface area (TPSA) is 58.6 Å². The molecule has 1 amide bonds. The number of hydrogen-bond acceptors (Lipinski definition) is 3. The van der Waals surface area contributed by atoms with E-state index in [9.17, 15) is 9.36 Å². The average Bonchev–Trinajstić information content (AvgIpc) is 3.63. The van der Waals surface area contributed by atoms with E-state index in [1.54, 1.807) is 0 Å². The van der Waals surface area contributed by atoms with Gasteiger partial charge in [0.2, 0.25) is 5.91 Å². The number of fused-ring (bicyclic) bond motifs is 1. The molecular formula is C24H29N2O3P. The van der Waals surface area contributed by atoms with E-state index in [2.05, 4.69) is 16.1 Å². The van der Waals surface area contributed by atoms with Crippen LogP contribution in [0.4, 0.5) is 11.4 Å². The number of nitrogens with zero attached hydrogens (tertiary/aromatic N) is 1. The molecule has 3 aliphatic rings. The van der Waals surface area contributed by atoms with Gasteiger partial charge >= 0.3 is 0 Å². The van der Waals surface area contributed by atoms with Gasteiger partial charge in [0.15, 0.2) is 0 Å². The first-order valence-corrected chi connectivity index (χ1v) is 12.7. The van der Waals surface area contributed by atoms with Crippen LogP contribution in [0.25, 0.3) is 0 Å². The zero-order valence-electron chi connectivity index (χ0n) is 17.7. The fraction of sp³-hybridized carbons (Fsp3) is 0.458. The third-order valence-electron chi connectivity index (χ3n) is 6.83. The van der Waals surface area contributed by atoms with Gasteiger partial charge in [0, 0.05) is 24.9 Å². The van der Waals surface area contributed by atoms with E-state index in [1.807, 2.05) is 43.3 Å². The van der Waals surface area contributed by atoms with Crippen LogP contribution >= 0.6 is 7.52 Å². The second-order valence-corrected chi connectivity index (χ2v) is 11.3. The highest BCUT2D eigenvalue weighted by Gasteiger charge is 2.60. The molecule has 0 aromatic heterocycles. The normalized spacial score (nSPS) is 21.7. The summed E-state index contributed by atoms with van der Waals surface area (Å²) in [7, 11) is -1.59. The van der Waals surface area contributed by atoms with Crippen molar-refractivity contribution in [2.24, 2.45) is 5.92 Å². The first-order valence-electron chi connectivity index (χ1n) is 10.9. The van der Waals surface area contributed by atoms with Crippen molar-refractivity contribution >= 4 is 24.8 Å². The van der Waals surface area contributed by atoms with E-state index in [0.29, 0.717) is 18.5 Å². The quantitative estimate of drug-likeness (QED) is 0.582. The average molecular weight is 424 g/mol. The van der Waals surface area contributed by atoms with Crippen molar-refractivity contribution < 1.29 is 13.9 Å². The summed E-state index contributed by atoms with van der Waals surface area (Å²) in [6.07, 6.45) is 6.35. The molecule has 0 radical (unpaired) electrons. The van der Waals surface area contributed by atoms with E-state index in [-0.39, 0.29) is 11.4 Å². The number of carbonyl (C=O) groups is 1. The number of anilines is 2. The molecule has 2 aromatic rings. The third-order valence-corrected chi connectivity index (χ3v) is 8.80. The first-order chi connectivity index (χ1) is 14.4. The Bertz CT molecular complexity index is 1030. The number of rotatable bonds is 7. The largest absolute Gasteiger partial charge is 0.317 e. The summed E-state index contributed by atoms with van der Waals surface area (Å²) in [6.45, 7) is 2.04. The van der Waals surface area contributed by atoms with E-state index >= 15 is 0 Å². The minimum Gasteiger partial charge on any atom is -0.317 e. The van der Waals surface area contributed by atoms with Crippen molar-refractivity contribution in [3.8, 4) is 0 Å². The summed E-state index contributed by atoms with van der Waals surface area (Å²) in [4.78, 5) is 14.9. The Hall–Kier alpha value is -2.10. The fourth-order valence-corrected chi connectivity index (χ4v) is 6.42. The molecule has 1 heterocycles. The zero-order valence-corrected chi connectivity index (χ0v) is 18.6. The van der Waals surface area contributed by atoms with E-state index < -0.39 is 7.52 Å². The number of hydrogen-bond donors (Lipinski definition) is 1. The Kier molecular flexibility index (Phi) is 4.79. The number of benzene rings is 2. The molecule has 1 N–H and O–H groups in total. The predicted octanol–water partition coefficient (Wildman–Crippen LogP) is 5.67. The molecule has 0 saturated heterocycles. The maximum absolute atomic E-state index is 13.4. The van der Waals surface area contributed by atoms with Crippen LogP contribution in [0.2, 0.25) is 0 Å². The smallest absolute Gasteiger partial charge is 0.297 e. The van der Waals surface area contributed by atoms with Gasteiger partial charge in [-0.1, -0.05) is 29.8 Å². The molecule has 1 atom stereocenters. The second kappa shape index (κ2) is 7.25. The van der Waals surface area contributed by atoms with Crippen LogP contribution < -0.4 is 9.99 Å². The monoisotopic (exact) mass is 424 g/mol. The molecular weight excluding hydrogens is 395 g/mol. The predicted molar refractivity (Wildman–Crippen MR) is 120 cm³/mol. The Morgan fingerprint density at radius 3 is 2.50 bits per heavy atom. The molecule has 158 valence electrons. The molecule has 2 aliphatic carbocycles. The van der Waals surface area contributed by atoms with Crippen molar-refractivity contribution in [1.29, 1.82) is 0 Å². The lowest BCUT2D eigenvalue weighted by atomic mass is 9.96. The van der Waals surface area contributed by atoms with Crippen LogP contribution in [0, 0.1) is 12.8 Å². The van der Waals surface area contributed by atoms with Gasteiger partial charge in [-0.25, -0.2) is 0 Å². The first kappa shape index (κ1) is 19.8. The molecule has 6 heteroatoms. The minimum absolute atomic E-state index is 0.0778. The van der Waals surface area contributed by atoms with Crippen molar-refractivity contribution in [3.63, 3.8) is 0 Å². The van der Waals surface area contributed by atoms with Crippen molar-refractivity contribution in [2.45, 2.75) is 57.1 Å². The highest BCUT2D eigenvalue weighted by atomic mass is 31.2. The van der Waals surface area contributed by atoms with Crippen LogP contribution in [-0.2, 0) is 26.5 Å². The molecule has 2 fully saturated rings. The Morgan fingerprint density at radius 1 is 1.13 bits per heavy atom. The summed E-state index contributed by atoms with van der Waals surface area (Å²) in [5, 5.41) is 3.16. The molecule has 5 rings (SSSR count). The summed E-state index contributed by atoms with van der Waals surface area (Å²) in [5.41, 5.74) is 5.22. The van der Waals surface area contributed by atoms with E-state index in [0.717, 1.165) is 41.8 Å². The molecule has 1 aliphatic heterocycles. The van der Waals surface area contributed by atoms with Crippen molar-refractivity contribution in [1.82, 2.24) is 0 Å². The van der Waals surface area contributed by atoms with Crippen LogP contribution in [0.1, 0.15) is 48.8 Å². The maximum Gasteiger partial charge on any atom is 0.297 e. The molecule has 0 spiro atoms. The molecule has 30 heavy (non-hydrogen) atoms. The molecule has 0 bridgehead atoms. The summed E-state index contributed by atoms with van der Waals surface area (Å²) >= 11 is 0. The molecule has 5 nitrogen and oxygen atoms in total. The molecule has 2 aromatic carbocycles. The fourth-order valence-electron chi connectivity index (χ4n) is 4.89. The zero-order chi connectivity index (χ0) is 20.9. The SMILES string of the molecule is COP(=O)(Cc1ccc(C)cc1)Nc1ccc2c(c1)CCC(=O)N2C1(C2CC2)CC1. The lowest BCUT2D eigenvalue weighted by Crippen LogP contribution is -2.46. The highest BCUT2D eigenvalue weighted by Crippen LogP contribution is 2.60.